The molecule has 2 heterocycles. The molecule has 0 fully saturated rings. The van der Waals surface area contributed by atoms with Crippen LogP contribution in [0, 0.1) is 0 Å². The molecule has 0 saturated carbocycles. The fourth-order valence-electron chi connectivity index (χ4n) is 1.65. The summed E-state index contributed by atoms with van der Waals surface area (Å²) in [5.74, 6) is 0.783. The molecule has 5 heteroatoms. The van der Waals surface area contributed by atoms with Crippen molar-refractivity contribution in [3.8, 4) is 5.82 Å². The number of hydrogen-bond acceptors (Lipinski definition) is 2. The van der Waals surface area contributed by atoms with Crippen LogP contribution in [0.15, 0.2) is 22.8 Å². The van der Waals surface area contributed by atoms with Gasteiger partial charge in [-0.05, 0) is 40.9 Å². The van der Waals surface area contributed by atoms with Crippen molar-refractivity contribution >= 4 is 27.5 Å². The highest BCUT2D eigenvalue weighted by Crippen LogP contribution is 2.23. The fraction of sp³-hybridized carbons (Fsp3) is 0.333. The maximum Gasteiger partial charge on any atom is 0.168 e. The van der Waals surface area contributed by atoms with E-state index in [4.69, 9.17) is 11.6 Å². The van der Waals surface area contributed by atoms with E-state index in [9.17, 15) is 0 Å². The Bertz CT molecular complexity index is 537. The Morgan fingerprint density at radius 1 is 1.29 bits per heavy atom. The summed E-state index contributed by atoms with van der Waals surface area (Å²) in [6.07, 6.45) is 3.48. The lowest BCUT2D eigenvalue weighted by Gasteiger charge is -2.07. The lowest BCUT2D eigenvalue weighted by molar-refractivity contribution is 0.769. The van der Waals surface area contributed by atoms with Gasteiger partial charge in [0.05, 0.1) is 15.2 Å². The first kappa shape index (κ1) is 12.6. The van der Waals surface area contributed by atoms with Gasteiger partial charge < -0.3 is 0 Å². The van der Waals surface area contributed by atoms with Gasteiger partial charge in [0.25, 0.3) is 0 Å². The first-order valence-corrected chi connectivity index (χ1v) is 6.72. The summed E-state index contributed by atoms with van der Waals surface area (Å²) in [7, 11) is 0. The third-order valence-corrected chi connectivity index (χ3v) is 3.34. The molecule has 2 aromatic heterocycles. The average molecular weight is 315 g/mol. The van der Waals surface area contributed by atoms with E-state index in [-0.39, 0.29) is 0 Å². The van der Waals surface area contributed by atoms with E-state index >= 15 is 0 Å². The van der Waals surface area contributed by atoms with Gasteiger partial charge in [-0.3, -0.25) is 0 Å². The molecule has 3 nitrogen and oxygen atoms in total. The van der Waals surface area contributed by atoms with Crippen molar-refractivity contribution in [3.63, 3.8) is 0 Å². The van der Waals surface area contributed by atoms with E-state index in [1.54, 1.807) is 6.20 Å². The van der Waals surface area contributed by atoms with E-state index < -0.39 is 0 Å². The molecular formula is C12H13BrClN3. The van der Waals surface area contributed by atoms with Gasteiger partial charge in [-0.2, -0.15) is 5.10 Å². The molecule has 0 N–H and O–H groups in total. The molecule has 0 aromatic carbocycles. The number of halogens is 2. The molecule has 0 atom stereocenters. The molecule has 2 rings (SSSR count). The van der Waals surface area contributed by atoms with Crippen molar-refractivity contribution < 1.29 is 0 Å². The zero-order chi connectivity index (χ0) is 12.4. The van der Waals surface area contributed by atoms with Crippen LogP contribution in [0.5, 0.6) is 0 Å². The third kappa shape index (κ3) is 2.53. The van der Waals surface area contributed by atoms with E-state index in [0.29, 0.717) is 5.02 Å². The Morgan fingerprint density at radius 3 is 2.65 bits per heavy atom. The number of rotatable bonds is 3. The molecule has 17 heavy (non-hydrogen) atoms. The van der Waals surface area contributed by atoms with Crippen molar-refractivity contribution in [2.45, 2.75) is 26.7 Å². The molecule has 0 spiro atoms. The Morgan fingerprint density at radius 2 is 2.06 bits per heavy atom. The minimum Gasteiger partial charge on any atom is -0.235 e. The zero-order valence-electron chi connectivity index (χ0n) is 9.74. The predicted molar refractivity (Wildman–Crippen MR) is 72.8 cm³/mol. The number of hydrogen-bond donors (Lipinski definition) is 0. The van der Waals surface area contributed by atoms with Crippen LogP contribution in [0.25, 0.3) is 5.82 Å². The molecule has 0 radical (unpaired) electrons. The summed E-state index contributed by atoms with van der Waals surface area (Å²) in [6.45, 7) is 4.20. The van der Waals surface area contributed by atoms with Crippen LogP contribution < -0.4 is 0 Å². The standard InChI is InChI=1S/C12H13BrClN3/c1-3-9-6-10(4-2)17(16-9)12-11(13)5-8(14)7-15-12/h5-7H,3-4H2,1-2H3. The van der Waals surface area contributed by atoms with Crippen LogP contribution >= 0.6 is 27.5 Å². The number of aromatic nitrogens is 3. The largest absolute Gasteiger partial charge is 0.235 e. The highest BCUT2D eigenvalue weighted by atomic mass is 79.9. The smallest absolute Gasteiger partial charge is 0.168 e. The fourth-order valence-corrected chi connectivity index (χ4v) is 2.45. The van der Waals surface area contributed by atoms with Crippen LogP contribution in [-0.2, 0) is 12.8 Å². The molecule has 0 aliphatic heterocycles. The molecule has 0 unspecified atom stereocenters. The maximum atomic E-state index is 5.89. The first-order valence-electron chi connectivity index (χ1n) is 5.55. The van der Waals surface area contributed by atoms with Crippen molar-refractivity contribution in [1.82, 2.24) is 14.8 Å². The highest BCUT2D eigenvalue weighted by molar-refractivity contribution is 9.10. The van der Waals surface area contributed by atoms with E-state index in [2.05, 4.69) is 45.9 Å². The lowest BCUT2D eigenvalue weighted by atomic mass is 10.2. The Hall–Kier alpha value is -0.870. The lowest BCUT2D eigenvalue weighted by Crippen LogP contribution is -2.04. The van der Waals surface area contributed by atoms with E-state index in [1.165, 1.54) is 0 Å². The van der Waals surface area contributed by atoms with Gasteiger partial charge in [0, 0.05) is 11.9 Å². The van der Waals surface area contributed by atoms with E-state index in [1.807, 2.05) is 10.7 Å². The Balaban J connectivity index is 2.55. The molecule has 0 aliphatic rings. The summed E-state index contributed by atoms with van der Waals surface area (Å²) < 4.78 is 2.73. The zero-order valence-corrected chi connectivity index (χ0v) is 12.1. The number of nitrogens with zero attached hydrogens (tertiary/aromatic N) is 3. The SMILES string of the molecule is CCc1cc(CC)n(-c2ncc(Cl)cc2Br)n1. The topological polar surface area (TPSA) is 30.7 Å². The third-order valence-electron chi connectivity index (χ3n) is 2.55. The van der Waals surface area contributed by atoms with Crippen molar-refractivity contribution in [3.05, 3.63) is 39.2 Å². The number of aryl methyl sites for hydroxylation is 2. The van der Waals surface area contributed by atoms with Crippen molar-refractivity contribution in [1.29, 1.82) is 0 Å². The molecule has 2 aromatic rings. The van der Waals surface area contributed by atoms with Crippen molar-refractivity contribution in [2.75, 3.05) is 0 Å². The summed E-state index contributed by atoms with van der Waals surface area (Å²) >= 11 is 9.36. The van der Waals surface area contributed by atoms with Crippen LogP contribution in [0.3, 0.4) is 0 Å². The summed E-state index contributed by atoms with van der Waals surface area (Å²) in [5.41, 5.74) is 2.22. The predicted octanol–water partition coefficient (Wildman–Crippen LogP) is 3.81. The summed E-state index contributed by atoms with van der Waals surface area (Å²) in [5, 5.41) is 5.15. The molecular weight excluding hydrogens is 302 g/mol. The van der Waals surface area contributed by atoms with Crippen LogP contribution in [0.2, 0.25) is 5.02 Å². The van der Waals surface area contributed by atoms with Gasteiger partial charge in [0.15, 0.2) is 5.82 Å². The van der Waals surface area contributed by atoms with Gasteiger partial charge in [-0.25, -0.2) is 9.67 Å². The van der Waals surface area contributed by atoms with Crippen LogP contribution in [-0.4, -0.2) is 14.8 Å². The second-order valence-corrected chi connectivity index (χ2v) is 5.00. The monoisotopic (exact) mass is 313 g/mol. The van der Waals surface area contributed by atoms with Gasteiger partial charge >= 0.3 is 0 Å². The number of pyridine rings is 1. The van der Waals surface area contributed by atoms with E-state index in [0.717, 1.165) is 34.5 Å². The maximum absolute atomic E-state index is 5.89. The van der Waals surface area contributed by atoms with Crippen molar-refractivity contribution in [2.24, 2.45) is 0 Å². The van der Waals surface area contributed by atoms with Gasteiger partial charge in [-0.1, -0.05) is 25.4 Å². The molecule has 0 saturated heterocycles. The quantitative estimate of drug-likeness (QED) is 0.862. The molecule has 0 aliphatic carbocycles. The second-order valence-electron chi connectivity index (χ2n) is 3.70. The first-order chi connectivity index (χ1) is 8.15. The average Bonchev–Trinajstić information content (AvgIpc) is 2.72. The van der Waals surface area contributed by atoms with Gasteiger partial charge in [0.1, 0.15) is 0 Å². The summed E-state index contributed by atoms with van der Waals surface area (Å²) in [4.78, 5) is 4.33. The molecule has 0 bridgehead atoms. The Labute approximate surface area is 114 Å². The minimum absolute atomic E-state index is 0.613. The second kappa shape index (κ2) is 5.19. The normalized spacial score (nSPS) is 10.8. The summed E-state index contributed by atoms with van der Waals surface area (Å²) in [6, 6.07) is 3.94. The van der Waals surface area contributed by atoms with Crippen LogP contribution in [0.1, 0.15) is 25.2 Å². The van der Waals surface area contributed by atoms with Crippen LogP contribution in [0.4, 0.5) is 0 Å². The molecule has 0 amide bonds. The minimum atomic E-state index is 0.613. The Kier molecular flexibility index (Phi) is 3.84. The highest BCUT2D eigenvalue weighted by Gasteiger charge is 2.11. The molecule has 90 valence electrons. The van der Waals surface area contributed by atoms with Gasteiger partial charge in [-0.15, -0.1) is 0 Å². The van der Waals surface area contributed by atoms with Gasteiger partial charge in [0.2, 0.25) is 0 Å².